The molecule has 4 aromatic carbocycles. The van der Waals surface area contributed by atoms with Crippen LogP contribution in [-0.2, 0) is 66.8 Å². The van der Waals surface area contributed by atoms with Crippen molar-refractivity contribution < 1.29 is 73.7 Å². The Labute approximate surface area is 299 Å². The van der Waals surface area contributed by atoms with Gasteiger partial charge in [-0.25, -0.2) is 9.59 Å². The number of carbonyl (C=O) groups excluding carboxylic acids is 2. The van der Waals surface area contributed by atoms with Crippen molar-refractivity contribution >= 4 is 47.8 Å². The summed E-state index contributed by atoms with van der Waals surface area (Å²) in [5.41, 5.74) is -16.8. The fourth-order valence-corrected chi connectivity index (χ4v) is 6.72. The van der Waals surface area contributed by atoms with E-state index in [9.17, 15) is 69.0 Å². The van der Waals surface area contributed by atoms with Gasteiger partial charge < -0.3 is 35.4 Å². The van der Waals surface area contributed by atoms with Gasteiger partial charge in [-0.2, -0.15) is 0 Å². The minimum Gasteiger partial charge on any atom is -0.481 e. The highest BCUT2D eigenvalue weighted by Gasteiger charge is 2.77. The van der Waals surface area contributed by atoms with Gasteiger partial charge >= 0.3 is 47.8 Å². The van der Waals surface area contributed by atoms with E-state index in [1.54, 1.807) is 0 Å². The molecule has 0 saturated heterocycles. The zero-order chi connectivity index (χ0) is 39.2. The molecule has 0 radical (unpaired) electrons. The molecule has 4 rings (SSSR count). The zero-order valence-corrected chi connectivity index (χ0v) is 27.3. The number of carboxylic acids is 6. The highest BCUT2D eigenvalue weighted by molar-refractivity contribution is 6.27. The summed E-state index contributed by atoms with van der Waals surface area (Å²) in [4.78, 5) is 109. The van der Waals surface area contributed by atoms with Crippen molar-refractivity contribution in [3.63, 3.8) is 0 Å². The van der Waals surface area contributed by atoms with Crippen LogP contribution in [0.3, 0.4) is 0 Å². The van der Waals surface area contributed by atoms with Crippen LogP contribution in [0.1, 0.15) is 22.3 Å². The predicted molar refractivity (Wildman–Crippen MR) is 178 cm³/mol. The number of carboxylic acid groups (broad SMARTS) is 6. The molecule has 4 aromatic rings. The minimum atomic E-state index is -4.37. The summed E-state index contributed by atoms with van der Waals surface area (Å²) in [6, 6.07) is 25.2. The van der Waals surface area contributed by atoms with Crippen molar-refractivity contribution in [3.05, 3.63) is 144 Å². The molecule has 0 amide bonds. The fraction of sp³-hybridized carbons (Fsp3) is 0.158. The van der Waals surface area contributed by atoms with E-state index in [2.05, 4.69) is 0 Å². The summed E-state index contributed by atoms with van der Waals surface area (Å²) >= 11 is 0. The first kappa shape index (κ1) is 38.6. The molecular weight excluding hydrogens is 696 g/mol. The molecule has 0 aliphatic rings. The highest BCUT2D eigenvalue weighted by atomic mass is 16.6. The number of hydrogen-bond donors (Lipinski definition) is 6. The van der Waals surface area contributed by atoms with E-state index in [4.69, 9.17) is 4.74 Å². The highest BCUT2D eigenvalue weighted by Crippen LogP contribution is 2.50. The second-order valence-electron chi connectivity index (χ2n) is 11.9. The number of carbonyl (C=O) groups is 8. The quantitative estimate of drug-likeness (QED) is 0.0716. The number of benzene rings is 4. The van der Waals surface area contributed by atoms with Gasteiger partial charge in [0.2, 0.25) is 0 Å². The molecule has 0 aliphatic carbocycles. The third-order valence-corrected chi connectivity index (χ3v) is 9.25. The average molecular weight is 727 g/mol. The van der Waals surface area contributed by atoms with E-state index >= 15 is 0 Å². The van der Waals surface area contributed by atoms with Crippen LogP contribution in [0.15, 0.2) is 121 Å². The van der Waals surface area contributed by atoms with Crippen molar-refractivity contribution in [2.24, 2.45) is 10.8 Å². The first-order chi connectivity index (χ1) is 25.1. The Morgan fingerprint density at radius 1 is 0.377 bits per heavy atom. The van der Waals surface area contributed by atoms with E-state index in [1.165, 1.54) is 97.1 Å². The van der Waals surface area contributed by atoms with Crippen LogP contribution in [0.2, 0.25) is 0 Å². The molecule has 0 aliphatic heterocycles. The largest absolute Gasteiger partial charge is 0.481 e. The average Bonchev–Trinajstić information content (AvgIpc) is 3.12. The summed E-state index contributed by atoms with van der Waals surface area (Å²) in [5.74, 6) is -20.7. The molecule has 0 fully saturated rings. The van der Waals surface area contributed by atoms with E-state index < -0.39 is 93.4 Å². The molecule has 272 valence electrons. The van der Waals surface area contributed by atoms with Gasteiger partial charge in [0, 0.05) is 0 Å². The van der Waals surface area contributed by atoms with E-state index in [0.29, 0.717) is 0 Å². The lowest BCUT2D eigenvalue weighted by Gasteiger charge is -2.42. The molecule has 0 heterocycles. The second-order valence-corrected chi connectivity index (χ2v) is 11.9. The Bertz CT molecular complexity index is 1890. The SMILES string of the molecule is O=C(O)C(C(=O)O)(C(=O)OC(=O)C(C(=O)O)(C(=O)O)C(Cc1ccccc1)(C(=O)O)c1ccccc1)C(Cc1ccccc1)(C(=O)O)c1ccccc1. The van der Waals surface area contributed by atoms with Gasteiger partial charge in [0.05, 0.1) is 0 Å². The molecule has 2 unspecified atom stereocenters. The lowest BCUT2D eigenvalue weighted by atomic mass is 9.56. The molecule has 2 atom stereocenters. The van der Waals surface area contributed by atoms with E-state index in [-0.39, 0.29) is 11.1 Å². The second kappa shape index (κ2) is 15.0. The molecule has 6 N–H and O–H groups in total. The Morgan fingerprint density at radius 3 is 0.849 bits per heavy atom. The van der Waals surface area contributed by atoms with Crippen molar-refractivity contribution in [1.29, 1.82) is 0 Å². The van der Waals surface area contributed by atoms with Gasteiger partial charge in [-0.05, 0) is 35.1 Å². The third-order valence-electron chi connectivity index (χ3n) is 9.25. The normalized spacial score (nSPS) is 13.7. The minimum absolute atomic E-state index is 0.0213. The Morgan fingerprint density at radius 2 is 0.623 bits per heavy atom. The van der Waals surface area contributed by atoms with Gasteiger partial charge in [-0.15, -0.1) is 0 Å². The topological polar surface area (TPSA) is 267 Å². The predicted octanol–water partition coefficient (Wildman–Crippen LogP) is 2.90. The summed E-state index contributed by atoms with van der Waals surface area (Å²) < 4.78 is 4.73. The lowest BCUT2D eigenvalue weighted by molar-refractivity contribution is -0.200. The maximum Gasteiger partial charge on any atom is 0.344 e. The molecule has 0 aromatic heterocycles. The van der Waals surface area contributed by atoms with E-state index in [0.717, 1.165) is 24.3 Å². The number of ether oxygens (including phenoxy) is 1. The van der Waals surface area contributed by atoms with E-state index in [1.807, 2.05) is 0 Å². The van der Waals surface area contributed by atoms with Gasteiger partial charge in [0.1, 0.15) is 10.8 Å². The van der Waals surface area contributed by atoms with Crippen LogP contribution >= 0.6 is 0 Å². The first-order valence-corrected chi connectivity index (χ1v) is 15.4. The van der Waals surface area contributed by atoms with Crippen LogP contribution in [0.4, 0.5) is 0 Å². The van der Waals surface area contributed by atoms with Crippen molar-refractivity contribution in [1.82, 2.24) is 0 Å². The van der Waals surface area contributed by atoms with Crippen LogP contribution in [0.25, 0.3) is 0 Å². The monoisotopic (exact) mass is 726 g/mol. The van der Waals surface area contributed by atoms with Crippen molar-refractivity contribution in [3.8, 4) is 0 Å². The summed E-state index contributed by atoms with van der Waals surface area (Å²) in [5, 5.41) is 64.3. The van der Waals surface area contributed by atoms with Gasteiger partial charge in [-0.1, -0.05) is 121 Å². The molecular formula is C38H30O15. The number of hydrogen-bond acceptors (Lipinski definition) is 9. The van der Waals surface area contributed by atoms with Crippen LogP contribution in [-0.4, -0.2) is 78.4 Å². The first-order valence-electron chi connectivity index (χ1n) is 15.4. The van der Waals surface area contributed by atoms with Gasteiger partial charge in [0.15, 0.2) is 0 Å². The smallest absolute Gasteiger partial charge is 0.344 e. The van der Waals surface area contributed by atoms with Crippen LogP contribution in [0.5, 0.6) is 0 Å². The summed E-state index contributed by atoms with van der Waals surface area (Å²) in [6.07, 6.45) is -2.12. The maximum atomic E-state index is 14.4. The Balaban J connectivity index is 2.09. The Hall–Kier alpha value is -7.16. The summed E-state index contributed by atoms with van der Waals surface area (Å²) in [7, 11) is 0. The van der Waals surface area contributed by atoms with Crippen LogP contribution < -0.4 is 0 Å². The van der Waals surface area contributed by atoms with Crippen molar-refractivity contribution in [2.75, 3.05) is 0 Å². The standard InChI is InChI=1S/C38H30O15/c39-27(40)35(25-17-9-3-10-18-25,21-23-13-5-1-6-14-23)37(29(43)44,30(45)46)33(51)53-34(52)38(31(47)48,32(49)50)36(28(41)42,26-19-11-4-12-20-26)22-24-15-7-2-8-16-24/h1-20H,21-22H2,(H,39,40)(H,41,42)(H,43,44)(H,45,46)(H,47,48)(H,49,50). The number of esters is 2. The molecule has 0 saturated carbocycles. The maximum absolute atomic E-state index is 14.4. The lowest BCUT2D eigenvalue weighted by Crippen LogP contribution is -2.68. The molecule has 0 bridgehead atoms. The van der Waals surface area contributed by atoms with Gasteiger partial charge in [-0.3, -0.25) is 28.8 Å². The molecule has 0 spiro atoms. The van der Waals surface area contributed by atoms with Crippen molar-refractivity contribution in [2.45, 2.75) is 23.7 Å². The number of aliphatic carboxylic acids is 6. The number of rotatable bonds is 16. The Kier molecular flexibility index (Phi) is 10.9. The van der Waals surface area contributed by atoms with Crippen LogP contribution in [0, 0.1) is 10.8 Å². The third kappa shape index (κ3) is 6.03. The zero-order valence-electron chi connectivity index (χ0n) is 27.3. The molecule has 53 heavy (non-hydrogen) atoms. The molecule has 15 nitrogen and oxygen atoms in total. The fourth-order valence-electron chi connectivity index (χ4n) is 6.72. The summed E-state index contributed by atoms with van der Waals surface area (Å²) in [6.45, 7) is 0. The molecule has 15 heteroatoms. The van der Waals surface area contributed by atoms with Gasteiger partial charge in [0.25, 0.3) is 10.8 Å².